The van der Waals surface area contributed by atoms with Crippen molar-refractivity contribution in [2.24, 2.45) is 5.92 Å². The Hall–Kier alpha value is -1.04. The molecule has 1 fully saturated rings. The van der Waals surface area contributed by atoms with Gasteiger partial charge >= 0.3 is 0 Å². The van der Waals surface area contributed by atoms with Gasteiger partial charge in [-0.3, -0.25) is 4.84 Å². The lowest BCUT2D eigenvalue weighted by Crippen LogP contribution is -2.23. The van der Waals surface area contributed by atoms with Crippen LogP contribution in [0, 0.1) is 17.6 Å². The van der Waals surface area contributed by atoms with Gasteiger partial charge in [-0.25, -0.2) is 8.78 Å². The average Bonchev–Trinajstić information content (AvgIpc) is 2.71. The second kappa shape index (κ2) is 5.73. The highest BCUT2D eigenvalue weighted by Gasteiger charge is 2.32. The molecule has 0 bridgehead atoms. The van der Waals surface area contributed by atoms with Gasteiger partial charge in [0.15, 0.2) is 11.6 Å². The fourth-order valence-electron chi connectivity index (χ4n) is 2.14. The van der Waals surface area contributed by atoms with Gasteiger partial charge in [0.1, 0.15) is 6.10 Å². The van der Waals surface area contributed by atoms with Gasteiger partial charge in [-0.05, 0) is 17.7 Å². The van der Waals surface area contributed by atoms with Crippen LogP contribution in [0.4, 0.5) is 8.78 Å². The minimum atomic E-state index is -0.835. The molecule has 1 aliphatic rings. The molecule has 3 nitrogen and oxygen atoms in total. The molecular formula is C13H17F2NO2. The normalized spacial score (nSPS) is 24.7. The Morgan fingerprint density at radius 2 is 2.17 bits per heavy atom. The van der Waals surface area contributed by atoms with Crippen LogP contribution in [0.3, 0.4) is 0 Å². The number of hydrogen-bond acceptors (Lipinski definition) is 3. The van der Waals surface area contributed by atoms with Crippen molar-refractivity contribution in [3.05, 3.63) is 35.4 Å². The maximum absolute atomic E-state index is 13.2. The Morgan fingerprint density at radius 1 is 1.39 bits per heavy atom. The summed E-state index contributed by atoms with van der Waals surface area (Å²) in [6, 6.07) is 3.91. The Bertz CT molecular complexity index is 414. The molecule has 0 spiro atoms. The first-order chi connectivity index (χ1) is 8.61. The van der Waals surface area contributed by atoms with Crippen LogP contribution in [0.15, 0.2) is 18.2 Å². The summed E-state index contributed by atoms with van der Waals surface area (Å²) in [6.45, 7) is 4.03. The Morgan fingerprint density at radius 3 is 2.83 bits per heavy atom. The van der Waals surface area contributed by atoms with Crippen molar-refractivity contribution in [3.8, 4) is 0 Å². The third-order valence-corrected chi connectivity index (χ3v) is 3.09. The molecule has 0 aromatic heterocycles. The molecule has 2 atom stereocenters. The van der Waals surface area contributed by atoms with Crippen molar-refractivity contribution in [1.82, 2.24) is 5.06 Å². The van der Waals surface area contributed by atoms with Crippen molar-refractivity contribution in [3.63, 3.8) is 0 Å². The topological polar surface area (TPSA) is 21.7 Å². The molecule has 18 heavy (non-hydrogen) atoms. The van der Waals surface area contributed by atoms with E-state index in [1.165, 1.54) is 6.07 Å². The number of hydrogen-bond donors (Lipinski definition) is 0. The predicted octanol–water partition coefficient (Wildman–Crippen LogP) is 2.54. The van der Waals surface area contributed by atoms with E-state index in [9.17, 15) is 8.78 Å². The number of halogens is 2. The van der Waals surface area contributed by atoms with Crippen molar-refractivity contribution in [2.45, 2.75) is 13.0 Å². The minimum Gasteiger partial charge on any atom is -0.383 e. The van der Waals surface area contributed by atoms with Gasteiger partial charge in [0, 0.05) is 26.1 Å². The van der Waals surface area contributed by atoms with Crippen LogP contribution < -0.4 is 0 Å². The van der Waals surface area contributed by atoms with Gasteiger partial charge in [-0.15, -0.1) is 0 Å². The summed E-state index contributed by atoms with van der Waals surface area (Å²) in [5, 5.41) is 1.81. The van der Waals surface area contributed by atoms with E-state index in [0.29, 0.717) is 18.7 Å². The second-order valence-corrected chi connectivity index (χ2v) is 4.56. The molecule has 1 heterocycles. The number of benzene rings is 1. The van der Waals surface area contributed by atoms with Crippen LogP contribution in [0.25, 0.3) is 0 Å². The zero-order valence-corrected chi connectivity index (χ0v) is 10.5. The smallest absolute Gasteiger partial charge is 0.159 e. The van der Waals surface area contributed by atoms with E-state index in [1.54, 1.807) is 18.2 Å². The molecule has 2 rings (SSSR count). The summed E-state index contributed by atoms with van der Waals surface area (Å²) in [4.78, 5) is 5.72. The minimum absolute atomic E-state index is 0.225. The monoisotopic (exact) mass is 257 g/mol. The molecule has 1 saturated heterocycles. The predicted molar refractivity (Wildman–Crippen MR) is 62.8 cm³/mol. The van der Waals surface area contributed by atoms with Crippen molar-refractivity contribution >= 4 is 0 Å². The van der Waals surface area contributed by atoms with E-state index in [1.807, 2.05) is 6.92 Å². The highest BCUT2D eigenvalue weighted by Crippen LogP contribution is 2.34. The zero-order valence-electron chi connectivity index (χ0n) is 10.5. The van der Waals surface area contributed by atoms with E-state index in [-0.39, 0.29) is 12.0 Å². The number of hydroxylamine groups is 2. The van der Waals surface area contributed by atoms with Gasteiger partial charge < -0.3 is 4.74 Å². The van der Waals surface area contributed by atoms with E-state index in [0.717, 1.165) is 12.6 Å². The van der Waals surface area contributed by atoms with Crippen molar-refractivity contribution in [2.75, 3.05) is 26.8 Å². The van der Waals surface area contributed by atoms with Crippen molar-refractivity contribution in [1.29, 1.82) is 0 Å². The van der Waals surface area contributed by atoms with E-state index in [4.69, 9.17) is 9.57 Å². The van der Waals surface area contributed by atoms with Gasteiger partial charge in [0.2, 0.25) is 0 Å². The third-order valence-electron chi connectivity index (χ3n) is 3.09. The van der Waals surface area contributed by atoms with Crippen LogP contribution in [0.2, 0.25) is 0 Å². The molecular weight excluding hydrogens is 240 g/mol. The largest absolute Gasteiger partial charge is 0.383 e. The maximum Gasteiger partial charge on any atom is 0.159 e. The van der Waals surface area contributed by atoms with E-state index >= 15 is 0 Å². The SMILES string of the molecule is COCCN1C[C@@H](C)C(c2ccc(F)c(F)c2)O1. The van der Waals surface area contributed by atoms with Gasteiger partial charge in [0.05, 0.1) is 6.61 Å². The Balaban J connectivity index is 2.06. The highest BCUT2D eigenvalue weighted by molar-refractivity contribution is 5.21. The average molecular weight is 257 g/mol. The molecule has 0 radical (unpaired) electrons. The lowest BCUT2D eigenvalue weighted by atomic mass is 9.98. The molecule has 100 valence electrons. The van der Waals surface area contributed by atoms with Crippen LogP contribution in [-0.4, -0.2) is 31.9 Å². The molecule has 0 aliphatic carbocycles. The molecule has 1 aromatic rings. The highest BCUT2D eigenvalue weighted by atomic mass is 19.2. The first-order valence-corrected chi connectivity index (χ1v) is 5.97. The summed E-state index contributed by atoms with van der Waals surface area (Å²) in [5.74, 6) is -1.44. The van der Waals surface area contributed by atoms with Crippen molar-refractivity contribution < 1.29 is 18.4 Å². The number of methoxy groups -OCH3 is 1. The lowest BCUT2D eigenvalue weighted by Gasteiger charge is -2.16. The standard InChI is InChI=1S/C13H17F2NO2/c1-9-8-16(5-6-17-2)18-13(9)10-3-4-11(14)12(15)7-10/h3-4,7,9,13H,5-6,8H2,1-2H3/t9-,13?/m1/s1. The third kappa shape index (κ3) is 2.85. The van der Waals surface area contributed by atoms with Crippen LogP contribution in [0.1, 0.15) is 18.6 Å². The molecule has 0 saturated carbocycles. The fraction of sp³-hybridized carbons (Fsp3) is 0.538. The van der Waals surface area contributed by atoms with Gasteiger partial charge in [-0.1, -0.05) is 13.0 Å². The molecule has 1 unspecified atom stereocenters. The summed E-state index contributed by atoms with van der Waals surface area (Å²) < 4.78 is 31.1. The fourth-order valence-corrected chi connectivity index (χ4v) is 2.14. The van der Waals surface area contributed by atoms with Crippen LogP contribution in [-0.2, 0) is 9.57 Å². The first-order valence-electron chi connectivity index (χ1n) is 5.97. The Kier molecular flexibility index (Phi) is 4.27. The summed E-state index contributed by atoms with van der Waals surface area (Å²) in [6.07, 6.45) is -0.225. The van der Waals surface area contributed by atoms with Gasteiger partial charge in [-0.2, -0.15) is 5.06 Å². The number of rotatable bonds is 4. The first kappa shape index (κ1) is 13.4. The van der Waals surface area contributed by atoms with Crippen LogP contribution in [0.5, 0.6) is 0 Å². The molecule has 1 aromatic carbocycles. The summed E-state index contributed by atoms with van der Waals surface area (Å²) in [7, 11) is 1.63. The zero-order chi connectivity index (χ0) is 13.1. The quantitative estimate of drug-likeness (QED) is 0.827. The molecule has 0 amide bonds. The molecule has 0 N–H and O–H groups in total. The summed E-state index contributed by atoms with van der Waals surface area (Å²) in [5.41, 5.74) is 0.668. The molecule has 5 heteroatoms. The van der Waals surface area contributed by atoms with E-state index < -0.39 is 11.6 Å². The molecule has 1 aliphatic heterocycles. The number of ether oxygens (including phenoxy) is 1. The second-order valence-electron chi connectivity index (χ2n) is 4.56. The van der Waals surface area contributed by atoms with Gasteiger partial charge in [0.25, 0.3) is 0 Å². The maximum atomic E-state index is 13.2. The Labute approximate surface area is 105 Å². The number of nitrogens with zero attached hydrogens (tertiary/aromatic N) is 1. The summed E-state index contributed by atoms with van der Waals surface area (Å²) >= 11 is 0. The van der Waals surface area contributed by atoms with E-state index in [2.05, 4.69) is 0 Å². The van der Waals surface area contributed by atoms with Crippen LogP contribution >= 0.6 is 0 Å². The lowest BCUT2D eigenvalue weighted by molar-refractivity contribution is -0.154.